The number of pyridine rings is 1. The standard InChI is InChI=1S/C24H16F3N5O4S2/c1-15-20(14-30-31(15)17-5-3-2-4-6-17)21-19-8-7-18(13-16(19)9-10-28-21)38(34,35)32(23-29-11-12-37-23)36-22(33)24(25,26)27/h2-14H,1H3. The lowest BCUT2D eigenvalue weighted by Crippen LogP contribution is -2.38. The van der Waals surface area contributed by atoms with Crippen LogP contribution in [0.1, 0.15) is 5.69 Å². The van der Waals surface area contributed by atoms with Crippen LogP contribution in [-0.2, 0) is 19.7 Å². The molecule has 14 heteroatoms. The van der Waals surface area contributed by atoms with Crippen molar-refractivity contribution in [3.8, 4) is 16.9 Å². The number of rotatable bonds is 6. The monoisotopic (exact) mass is 559 g/mol. The highest BCUT2D eigenvalue weighted by Crippen LogP contribution is 2.33. The maximum Gasteiger partial charge on any atom is 0.493 e. The van der Waals surface area contributed by atoms with Gasteiger partial charge in [0.1, 0.15) is 0 Å². The van der Waals surface area contributed by atoms with Crippen LogP contribution in [0, 0.1) is 6.92 Å². The fourth-order valence-corrected chi connectivity index (χ4v) is 5.76. The second-order valence-corrected chi connectivity index (χ2v) is 10.5. The van der Waals surface area contributed by atoms with E-state index < -0.39 is 32.2 Å². The second-order valence-electron chi connectivity index (χ2n) is 7.86. The summed E-state index contributed by atoms with van der Waals surface area (Å²) in [4.78, 5) is 23.5. The number of halogens is 3. The smallest absolute Gasteiger partial charge is 0.314 e. The summed E-state index contributed by atoms with van der Waals surface area (Å²) in [5, 5.41) is 6.32. The number of benzene rings is 2. The minimum Gasteiger partial charge on any atom is -0.314 e. The van der Waals surface area contributed by atoms with Gasteiger partial charge in [-0.25, -0.2) is 14.5 Å². The summed E-state index contributed by atoms with van der Waals surface area (Å²) in [5.41, 5.74) is 2.88. The third-order valence-corrected chi connectivity index (χ3v) is 7.88. The van der Waals surface area contributed by atoms with E-state index >= 15 is 0 Å². The lowest BCUT2D eigenvalue weighted by Gasteiger charge is -2.20. The van der Waals surface area contributed by atoms with E-state index in [-0.39, 0.29) is 4.47 Å². The van der Waals surface area contributed by atoms with Gasteiger partial charge in [-0.05, 0) is 42.6 Å². The number of thiazole rings is 1. The Kier molecular flexibility index (Phi) is 6.36. The highest BCUT2D eigenvalue weighted by molar-refractivity contribution is 7.92. The van der Waals surface area contributed by atoms with Crippen LogP contribution in [0.15, 0.2) is 83.5 Å². The number of anilines is 1. The highest BCUT2D eigenvalue weighted by atomic mass is 32.2. The van der Waals surface area contributed by atoms with Gasteiger partial charge in [0.25, 0.3) is 10.0 Å². The summed E-state index contributed by atoms with van der Waals surface area (Å²) in [6, 6.07) is 15.0. The molecule has 0 unspecified atom stereocenters. The van der Waals surface area contributed by atoms with E-state index in [1.54, 1.807) is 16.9 Å². The van der Waals surface area contributed by atoms with Crippen molar-refractivity contribution < 1.29 is 31.2 Å². The molecule has 0 fully saturated rings. The third-order valence-electron chi connectivity index (χ3n) is 5.49. The van der Waals surface area contributed by atoms with Gasteiger partial charge in [0.2, 0.25) is 5.13 Å². The zero-order valence-electron chi connectivity index (χ0n) is 19.3. The number of hydrogen-bond donors (Lipinski definition) is 0. The highest BCUT2D eigenvalue weighted by Gasteiger charge is 2.45. The molecule has 0 spiro atoms. The zero-order chi connectivity index (χ0) is 27.1. The molecule has 0 saturated carbocycles. The molecule has 0 amide bonds. The molecular weight excluding hydrogens is 543 g/mol. The lowest BCUT2D eigenvalue weighted by molar-refractivity contribution is -0.199. The van der Waals surface area contributed by atoms with Crippen LogP contribution < -0.4 is 4.47 Å². The fourth-order valence-electron chi connectivity index (χ4n) is 3.72. The molecule has 194 valence electrons. The quantitative estimate of drug-likeness (QED) is 0.268. The minimum atomic E-state index is -5.42. The number of sulfonamides is 1. The van der Waals surface area contributed by atoms with E-state index in [0.717, 1.165) is 11.4 Å². The molecule has 0 saturated heterocycles. The Morgan fingerprint density at radius 1 is 1.05 bits per heavy atom. The van der Waals surface area contributed by atoms with Crippen molar-refractivity contribution in [2.24, 2.45) is 0 Å². The molecule has 2 aromatic carbocycles. The first kappa shape index (κ1) is 25.4. The molecule has 9 nitrogen and oxygen atoms in total. The Balaban J connectivity index is 1.57. The predicted octanol–water partition coefficient (Wildman–Crippen LogP) is 5.07. The summed E-state index contributed by atoms with van der Waals surface area (Å²) < 4.78 is 66.9. The predicted molar refractivity (Wildman–Crippen MR) is 133 cm³/mol. The van der Waals surface area contributed by atoms with Crippen molar-refractivity contribution >= 4 is 43.2 Å². The Hall–Kier alpha value is -4.30. The fraction of sp³-hybridized carbons (Fsp3) is 0.0833. The van der Waals surface area contributed by atoms with Gasteiger partial charge in [0.15, 0.2) is 0 Å². The van der Waals surface area contributed by atoms with Crippen molar-refractivity contribution in [3.63, 3.8) is 0 Å². The molecule has 0 radical (unpaired) electrons. The van der Waals surface area contributed by atoms with Gasteiger partial charge in [-0.15, -0.1) is 11.3 Å². The van der Waals surface area contributed by atoms with Crippen LogP contribution in [0.3, 0.4) is 0 Å². The van der Waals surface area contributed by atoms with Crippen LogP contribution >= 0.6 is 11.3 Å². The van der Waals surface area contributed by atoms with Gasteiger partial charge in [0, 0.05) is 28.7 Å². The first-order valence-electron chi connectivity index (χ1n) is 10.8. The second kappa shape index (κ2) is 9.54. The number of hydrogen-bond acceptors (Lipinski definition) is 8. The number of carbonyl (C=O) groups is 1. The molecule has 0 aliphatic carbocycles. The number of fused-ring (bicyclic) bond motifs is 1. The number of carbonyl (C=O) groups excluding carboxylic acids is 1. The van der Waals surface area contributed by atoms with E-state index in [0.29, 0.717) is 33.4 Å². The lowest BCUT2D eigenvalue weighted by atomic mass is 10.0. The molecule has 5 rings (SSSR count). The molecule has 3 heterocycles. The van der Waals surface area contributed by atoms with Crippen molar-refractivity contribution in [3.05, 3.63) is 84.3 Å². The first-order valence-corrected chi connectivity index (χ1v) is 13.1. The van der Waals surface area contributed by atoms with E-state index in [1.165, 1.54) is 36.0 Å². The molecule has 0 aliphatic rings. The summed E-state index contributed by atoms with van der Waals surface area (Å²) >= 11 is 0.682. The number of alkyl halides is 3. The van der Waals surface area contributed by atoms with Crippen LogP contribution in [0.25, 0.3) is 27.7 Å². The Labute approximate surface area is 217 Å². The van der Waals surface area contributed by atoms with E-state index in [1.807, 2.05) is 37.3 Å². The molecule has 0 aliphatic heterocycles. The zero-order valence-corrected chi connectivity index (χ0v) is 21.0. The van der Waals surface area contributed by atoms with E-state index in [2.05, 4.69) is 19.9 Å². The number of nitrogens with zero attached hydrogens (tertiary/aromatic N) is 5. The van der Waals surface area contributed by atoms with Crippen molar-refractivity contribution in [1.82, 2.24) is 19.7 Å². The van der Waals surface area contributed by atoms with Crippen molar-refractivity contribution in [1.29, 1.82) is 0 Å². The molecular formula is C24H16F3N5O4S2. The molecule has 3 aromatic heterocycles. The largest absolute Gasteiger partial charge is 0.493 e. The average Bonchev–Trinajstić information content (AvgIpc) is 3.56. The van der Waals surface area contributed by atoms with Gasteiger partial charge in [-0.1, -0.05) is 28.7 Å². The number of para-hydroxylation sites is 1. The van der Waals surface area contributed by atoms with E-state index in [9.17, 15) is 26.4 Å². The summed E-state index contributed by atoms with van der Waals surface area (Å²) in [6.45, 7) is 1.87. The van der Waals surface area contributed by atoms with Gasteiger partial charge in [-0.2, -0.15) is 26.7 Å². The summed E-state index contributed by atoms with van der Waals surface area (Å²) in [7, 11) is -4.79. The topological polar surface area (TPSA) is 107 Å². The Bertz CT molecular complexity index is 1740. The van der Waals surface area contributed by atoms with E-state index in [4.69, 9.17) is 0 Å². The number of aromatic nitrogens is 4. The van der Waals surface area contributed by atoms with Crippen LogP contribution in [0.2, 0.25) is 0 Å². The van der Waals surface area contributed by atoms with Crippen LogP contribution in [-0.4, -0.2) is 40.3 Å². The summed E-state index contributed by atoms with van der Waals surface area (Å²) in [6.07, 6.45) is -1.12. The van der Waals surface area contributed by atoms with Gasteiger partial charge in [0.05, 0.1) is 28.2 Å². The van der Waals surface area contributed by atoms with Gasteiger partial charge < -0.3 is 4.84 Å². The van der Waals surface area contributed by atoms with Crippen molar-refractivity contribution in [2.75, 3.05) is 4.47 Å². The van der Waals surface area contributed by atoms with Crippen LogP contribution in [0.5, 0.6) is 0 Å². The molecule has 0 atom stereocenters. The molecule has 5 aromatic rings. The average molecular weight is 560 g/mol. The van der Waals surface area contributed by atoms with Crippen LogP contribution in [0.4, 0.5) is 18.3 Å². The minimum absolute atomic E-state index is 0.120. The summed E-state index contributed by atoms with van der Waals surface area (Å²) in [5.74, 6) is -2.70. The Morgan fingerprint density at radius 2 is 1.82 bits per heavy atom. The van der Waals surface area contributed by atoms with Crippen molar-refractivity contribution in [2.45, 2.75) is 18.0 Å². The molecule has 0 N–H and O–H groups in total. The molecule has 0 bridgehead atoms. The Morgan fingerprint density at radius 3 is 2.50 bits per heavy atom. The van der Waals surface area contributed by atoms with Gasteiger partial charge >= 0.3 is 12.1 Å². The SMILES string of the molecule is Cc1c(-c2nccc3cc(S(=O)(=O)N(OC(=O)C(F)(F)F)c4nccs4)ccc23)cnn1-c1ccccc1. The normalized spacial score (nSPS) is 12.0. The first-order chi connectivity index (χ1) is 18.1. The molecule has 38 heavy (non-hydrogen) atoms. The maximum absolute atomic E-state index is 13.3. The maximum atomic E-state index is 13.3. The van der Waals surface area contributed by atoms with Gasteiger partial charge in [-0.3, -0.25) is 4.98 Å². The third kappa shape index (κ3) is 4.59.